The Labute approximate surface area is 123 Å². The van der Waals surface area contributed by atoms with Crippen LogP contribution < -0.4 is 14.8 Å². The molecule has 4 heteroatoms. The molecule has 1 N–H and O–H groups in total. The first-order valence-corrected chi connectivity index (χ1v) is 7.04. The highest BCUT2D eigenvalue weighted by Gasteiger charge is 2.17. The Balaban J connectivity index is 1.72. The van der Waals surface area contributed by atoms with Crippen molar-refractivity contribution in [2.75, 3.05) is 6.79 Å². The van der Waals surface area contributed by atoms with Crippen molar-refractivity contribution < 1.29 is 13.9 Å². The van der Waals surface area contributed by atoms with Gasteiger partial charge in [0, 0.05) is 12.1 Å². The van der Waals surface area contributed by atoms with E-state index in [1.165, 1.54) is 6.07 Å². The van der Waals surface area contributed by atoms with Crippen molar-refractivity contribution in [3.8, 4) is 11.5 Å². The molecule has 1 heterocycles. The highest BCUT2D eigenvalue weighted by molar-refractivity contribution is 5.45. The molecule has 0 aliphatic carbocycles. The van der Waals surface area contributed by atoms with Gasteiger partial charge < -0.3 is 14.8 Å². The predicted molar refractivity (Wildman–Crippen MR) is 78.9 cm³/mol. The summed E-state index contributed by atoms with van der Waals surface area (Å²) in [7, 11) is 0. The quantitative estimate of drug-likeness (QED) is 0.923. The Kier molecular flexibility index (Phi) is 3.80. The number of hydrogen-bond acceptors (Lipinski definition) is 3. The molecule has 3 nitrogen and oxygen atoms in total. The van der Waals surface area contributed by atoms with Crippen LogP contribution in [0.2, 0.25) is 0 Å². The number of halogens is 1. The number of benzene rings is 2. The minimum atomic E-state index is -0.211. The van der Waals surface area contributed by atoms with E-state index in [-0.39, 0.29) is 24.7 Å². The first-order chi connectivity index (χ1) is 10.1. The molecule has 0 amide bonds. The zero-order valence-corrected chi connectivity index (χ0v) is 12.1. The zero-order chi connectivity index (χ0) is 14.8. The van der Waals surface area contributed by atoms with E-state index in [2.05, 4.69) is 12.2 Å². The molecule has 2 aromatic carbocycles. The summed E-state index contributed by atoms with van der Waals surface area (Å²) in [5.74, 6) is 1.35. The molecule has 0 saturated heterocycles. The first-order valence-electron chi connectivity index (χ1n) is 7.04. The molecule has 3 rings (SSSR count). The Hall–Kier alpha value is -2.07. The first kappa shape index (κ1) is 13.9. The molecule has 0 radical (unpaired) electrons. The van der Waals surface area contributed by atoms with Gasteiger partial charge in [-0.15, -0.1) is 0 Å². The van der Waals surface area contributed by atoms with Crippen LogP contribution in [0, 0.1) is 5.82 Å². The fourth-order valence-corrected chi connectivity index (χ4v) is 2.53. The molecule has 110 valence electrons. The molecule has 0 fully saturated rings. The molecule has 21 heavy (non-hydrogen) atoms. The zero-order valence-electron chi connectivity index (χ0n) is 12.1. The average molecular weight is 287 g/mol. The summed E-state index contributed by atoms with van der Waals surface area (Å²) in [6.45, 7) is 4.38. The summed E-state index contributed by atoms with van der Waals surface area (Å²) >= 11 is 0. The van der Waals surface area contributed by atoms with Crippen molar-refractivity contribution in [3.05, 3.63) is 59.4 Å². The maximum Gasteiger partial charge on any atom is 0.231 e. The summed E-state index contributed by atoms with van der Waals surface area (Å²) in [6.07, 6.45) is 0. The van der Waals surface area contributed by atoms with Gasteiger partial charge in [0.25, 0.3) is 0 Å². The van der Waals surface area contributed by atoms with Crippen LogP contribution in [0.5, 0.6) is 11.5 Å². The molecule has 1 unspecified atom stereocenters. The van der Waals surface area contributed by atoms with Crippen molar-refractivity contribution in [2.45, 2.75) is 25.9 Å². The molecule has 2 aromatic rings. The third kappa shape index (κ3) is 3.00. The van der Waals surface area contributed by atoms with E-state index >= 15 is 0 Å². The topological polar surface area (TPSA) is 30.5 Å². The Bertz CT molecular complexity index is 644. The van der Waals surface area contributed by atoms with Crippen molar-refractivity contribution in [3.63, 3.8) is 0 Å². The number of rotatable bonds is 4. The minimum Gasteiger partial charge on any atom is -0.454 e. The maximum atomic E-state index is 13.3. The smallest absolute Gasteiger partial charge is 0.231 e. The van der Waals surface area contributed by atoms with Crippen LogP contribution in [0.25, 0.3) is 0 Å². The van der Waals surface area contributed by atoms with Crippen LogP contribution in [-0.2, 0) is 0 Å². The summed E-state index contributed by atoms with van der Waals surface area (Å²) in [4.78, 5) is 0. The lowest BCUT2D eigenvalue weighted by Gasteiger charge is -2.21. The van der Waals surface area contributed by atoms with Crippen LogP contribution in [-0.4, -0.2) is 6.79 Å². The lowest BCUT2D eigenvalue weighted by atomic mass is 10.0. The van der Waals surface area contributed by atoms with E-state index in [0.717, 1.165) is 22.6 Å². The van der Waals surface area contributed by atoms with E-state index in [0.29, 0.717) is 0 Å². The van der Waals surface area contributed by atoms with Gasteiger partial charge in [-0.05, 0) is 49.2 Å². The van der Waals surface area contributed by atoms with Gasteiger partial charge in [0.15, 0.2) is 11.5 Å². The Morgan fingerprint density at radius 3 is 2.43 bits per heavy atom. The van der Waals surface area contributed by atoms with Crippen LogP contribution in [0.1, 0.15) is 37.1 Å². The van der Waals surface area contributed by atoms with Crippen LogP contribution in [0.4, 0.5) is 4.39 Å². The maximum absolute atomic E-state index is 13.3. The standard InChI is InChI=1S/C17H18FNO2/c1-11(13-4-3-5-15(18)8-13)19-12(2)14-6-7-16-17(9-14)21-10-20-16/h3-9,11-12,19H,10H2,1-2H3/t11-,12?/m1/s1. The van der Waals surface area contributed by atoms with Gasteiger partial charge in [-0.25, -0.2) is 4.39 Å². The van der Waals surface area contributed by atoms with Gasteiger partial charge in [-0.2, -0.15) is 0 Å². The molecule has 0 spiro atoms. The molecule has 0 aromatic heterocycles. The predicted octanol–water partition coefficient (Wildman–Crippen LogP) is 3.97. The van der Waals surface area contributed by atoms with Gasteiger partial charge in [0.2, 0.25) is 6.79 Å². The lowest BCUT2D eigenvalue weighted by Crippen LogP contribution is -2.22. The summed E-state index contributed by atoms with van der Waals surface area (Å²) in [5, 5.41) is 3.47. The van der Waals surface area contributed by atoms with Crippen molar-refractivity contribution in [1.82, 2.24) is 5.32 Å². The van der Waals surface area contributed by atoms with Gasteiger partial charge in [-0.1, -0.05) is 18.2 Å². The van der Waals surface area contributed by atoms with Gasteiger partial charge >= 0.3 is 0 Å². The SMILES string of the molecule is CC(N[C@H](C)c1cccc(F)c1)c1ccc2c(c1)OCO2. The van der Waals surface area contributed by atoms with Crippen molar-refractivity contribution in [2.24, 2.45) is 0 Å². The van der Waals surface area contributed by atoms with Gasteiger partial charge in [0.05, 0.1) is 0 Å². The van der Waals surface area contributed by atoms with Gasteiger partial charge in [-0.3, -0.25) is 0 Å². The van der Waals surface area contributed by atoms with Crippen LogP contribution in [0.3, 0.4) is 0 Å². The fraction of sp³-hybridized carbons (Fsp3) is 0.294. The average Bonchev–Trinajstić information content (AvgIpc) is 2.94. The van der Waals surface area contributed by atoms with E-state index in [1.54, 1.807) is 12.1 Å². The fourth-order valence-electron chi connectivity index (χ4n) is 2.53. The minimum absolute atomic E-state index is 0.0566. The number of fused-ring (bicyclic) bond motifs is 1. The summed E-state index contributed by atoms with van der Waals surface area (Å²) in [6, 6.07) is 12.8. The number of hydrogen-bond donors (Lipinski definition) is 1. The van der Waals surface area contributed by atoms with Crippen LogP contribution in [0.15, 0.2) is 42.5 Å². The second-order valence-electron chi connectivity index (χ2n) is 5.28. The van der Waals surface area contributed by atoms with Crippen LogP contribution >= 0.6 is 0 Å². The number of nitrogens with one attached hydrogen (secondary N) is 1. The van der Waals surface area contributed by atoms with E-state index in [1.807, 2.05) is 31.2 Å². The molecular formula is C17H18FNO2. The third-order valence-electron chi connectivity index (χ3n) is 3.75. The summed E-state index contributed by atoms with van der Waals surface area (Å²) < 4.78 is 24.0. The summed E-state index contributed by atoms with van der Waals surface area (Å²) in [5.41, 5.74) is 2.05. The normalized spacial score (nSPS) is 15.8. The molecule has 0 bridgehead atoms. The molecule has 2 atom stereocenters. The van der Waals surface area contributed by atoms with Gasteiger partial charge in [0.1, 0.15) is 5.82 Å². The van der Waals surface area contributed by atoms with E-state index < -0.39 is 0 Å². The van der Waals surface area contributed by atoms with E-state index in [4.69, 9.17) is 9.47 Å². The largest absolute Gasteiger partial charge is 0.454 e. The van der Waals surface area contributed by atoms with E-state index in [9.17, 15) is 4.39 Å². The second-order valence-corrected chi connectivity index (χ2v) is 5.28. The number of ether oxygens (including phenoxy) is 2. The van der Waals surface area contributed by atoms with Crippen molar-refractivity contribution in [1.29, 1.82) is 0 Å². The highest BCUT2D eigenvalue weighted by Crippen LogP contribution is 2.34. The Morgan fingerprint density at radius 1 is 0.952 bits per heavy atom. The molecular weight excluding hydrogens is 269 g/mol. The van der Waals surface area contributed by atoms with Crippen molar-refractivity contribution >= 4 is 0 Å². The Morgan fingerprint density at radius 2 is 1.67 bits per heavy atom. The monoisotopic (exact) mass is 287 g/mol. The third-order valence-corrected chi connectivity index (χ3v) is 3.75. The molecule has 0 saturated carbocycles. The molecule has 1 aliphatic heterocycles. The highest BCUT2D eigenvalue weighted by atomic mass is 19.1. The molecule has 1 aliphatic rings. The second kappa shape index (κ2) is 5.74. The lowest BCUT2D eigenvalue weighted by molar-refractivity contribution is 0.174.